The molecule has 2 N–H and O–H groups in total. The Morgan fingerprint density at radius 3 is 2.88 bits per heavy atom. The van der Waals surface area contributed by atoms with Gasteiger partial charge in [0.15, 0.2) is 5.82 Å². The molecule has 1 saturated carbocycles. The Morgan fingerprint density at radius 1 is 1.24 bits per heavy atom. The lowest BCUT2D eigenvalue weighted by Gasteiger charge is -2.46. The summed E-state index contributed by atoms with van der Waals surface area (Å²) in [4.78, 5) is 17.4. The molecule has 216 valence electrons. The van der Waals surface area contributed by atoms with Gasteiger partial charge in [-0.1, -0.05) is 11.6 Å². The van der Waals surface area contributed by atoms with Gasteiger partial charge in [0.05, 0.1) is 12.3 Å². The number of nitrogens with one attached hydrogen (secondary N) is 1. The summed E-state index contributed by atoms with van der Waals surface area (Å²) in [6.07, 6.45) is 3.39. The van der Waals surface area contributed by atoms with Gasteiger partial charge in [-0.05, 0) is 68.6 Å². The van der Waals surface area contributed by atoms with Crippen molar-refractivity contribution in [2.45, 2.75) is 74.6 Å². The molecule has 5 saturated heterocycles. The van der Waals surface area contributed by atoms with Crippen LogP contribution in [0.15, 0.2) is 18.3 Å². The number of rotatable bonds is 6. The molecular weight excluding hydrogens is 550 g/mol. The number of hydrogen-bond acceptors (Lipinski definition) is 8. The minimum absolute atomic E-state index is 0.00785. The second kappa shape index (κ2) is 9.61. The summed E-state index contributed by atoms with van der Waals surface area (Å²) in [5, 5.41) is 14.7. The second-order valence-electron chi connectivity index (χ2n) is 12.1. The lowest BCUT2D eigenvalue weighted by Crippen LogP contribution is -2.61. The van der Waals surface area contributed by atoms with Gasteiger partial charge < -0.3 is 20.1 Å². The zero-order valence-electron chi connectivity index (χ0n) is 25.5. The molecule has 2 unspecified atom stereocenters. The zero-order chi connectivity index (χ0) is 30.6. The molecule has 9 rings (SSSR count). The maximum Gasteiger partial charge on any atom is 0.319 e. The summed E-state index contributed by atoms with van der Waals surface area (Å²) >= 11 is 6.53. The van der Waals surface area contributed by atoms with E-state index in [0.29, 0.717) is 34.8 Å². The molecule has 5 aliphatic heterocycles. The number of halogens is 3. The lowest BCUT2D eigenvalue weighted by molar-refractivity contribution is 0.107. The van der Waals surface area contributed by atoms with E-state index in [9.17, 15) is 9.50 Å². The third-order valence-electron chi connectivity index (χ3n) is 9.41. The van der Waals surface area contributed by atoms with Gasteiger partial charge in [0.25, 0.3) is 0 Å². The number of benzene rings is 1. The van der Waals surface area contributed by atoms with E-state index in [1.54, 1.807) is 6.20 Å². The molecule has 2 aromatic heterocycles. The highest BCUT2D eigenvalue weighted by molar-refractivity contribution is 6.32. The van der Waals surface area contributed by atoms with Gasteiger partial charge in [0, 0.05) is 57.7 Å². The van der Waals surface area contributed by atoms with Crippen molar-refractivity contribution in [3.05, 3.63) is 34.7 Å². The molecule has 1 aliphatic carbocycles. The van der Waals surface area contributed by atoms with Crippen LogP contribution in [0.25, 0.3) is 22.2 Å². The fraction of sp³-hybridized carbons (Fsp3) is 0.567. The van der Waals surface area contributed by atoms with Crippen molar-refractivity contribution < 1.29 is 22.7 Å². The predicted octanol–water partition coefficient (Wildman–Crippen LogP) is 4.96. The molecule has 41 heavy (non-hydrogen) atoms. The minimum Gasteiger partial charge on any atom is -0.508 e. The summed E-state index contributed by atoms with van der Waals surface area (Å²) < 4.78 is 62.6. The maximum absolute atomic E-state index is 16.7. The van der Waals surface area contributed by atoms with E-state index in [0.717, 1.165) is 37.8 Å². The van der Waals surface area contributed by atoms with Gasteiger partial charge in [-0.2, -0.15) is 9.97 Å². The first-order chi connectivity index (χ1) is 20.9. The normalized spacial score (nSPS) is 33.5. The van der Waals surface area contributed by atoms with Crippen molar-refractivity contribution in [2.24, 2.45) is 0 Å². The number of pyridine rings is 1. The number of aromatic nitrogens is 3. The number of nitrogens with zero attached hydrogens (tertiary/aromatic N) is 5. The molecule has 4 atom stereocenters. The number of fused-ring (bicyclic) bond motifs is 5. The average molecular weight is 586 g/mol. The van der Waals surface area contributed by atoms with E-state index < -0.39 is 24.0 Å². The quantitative estimate of drug-likeness (QED) is 0.420. The van der Waals surface area contributed by atoms with Gasteiger partial charge >= 0.3 is 6.01 Å². The molecule has 6 fully saturated rings. The molecule has 2 bridgehead atoms. The number of ether oxygens (including phenoxy) is 1. The van der Waals surface area contributed by atoms with Crippen LogP contribution in [0.4, 0.5) is 14.6 Å². The van der Waals surface area contributed by atoms with Crippen molar-refractivity contribution in [3.63, 3.8) is 0 Å². The van der Waals surface area contributed by atoms with Gasteiger partial charge in [-0.25, -0.2) is 8.78 Å². The third kappa shape index (κ3) is 4.32. The fourth-order valence-corrected chi connectivity index (χ4v) is 7.53. The first-order valence-corrected chi connectivity index (χ1v) is 14.8. The highest BCUT2D eigenvalue weighted by Gasteiger charge is 2.49. The topological polar surface area (TPSA) is 86.6 Å². The first-order valence-electron chi connectivity index (χ1n) is 15.9. The number of hydrogen-bond donors (Lipinski definition) is 2. The summed E-state index contributed by atoms with van der Waals surface area (Å²) in [7, 11) is 0. The molecule has 0 spiro atoms. The monoisotopic (exact) mass is 585 g/mol. The van der Waals surface area contributed by atoms with Crippen LogP contribution in [0.2, 0.25) is 5.02 Å². The maximum atomic E-state index is 16.7. The predicted molar refractivity (Wildman–Crippen MR) is 152 cm³/mol. The lowest BCUT2D eigenvalue weighted by atomic mass is 9.93. The van der Waals surface area contributed by atoms with E-state index in [-0.39, 0.29) is 67.0 Å². The summed E-state index contributed by atoms with van der Waals surface area (Å²) in [6, 6.07) is 3.25. The fourth-order valence-electron chi connectivity index (χ4n) is 7.17. The van der Waals surface area contributed by atoms with Crippen LogP contribution < -0.4 is 15.0 Å². The molecule has 11 heteroatoms. The van der Waals surface area contributed by atoms with Crippen LogP contribution >= 0.6 is 11.6 Å². The largest absolute Gasteiger partial charge is 0.508 e. The van der Waals surface area contributed by atoms with Crippen LogP contribution in [-0.4, -0.2) is 81.5 Å². The van der Waals surface area contributed by atoms with Gasteiger partial charge in [-0.15, -0.1) is 0 Å². The molecule has 7 heterocycles. The zero-order valence-corrected chi connectivity index (χ0v) is 23.2. The number of alkyl halides is 1. The van der Waals surface area contributed by atoms with E-state index in [1.807, 2.05) is 0 Å². The number of piperidine rings is 2. The smallest absolute Gasteiger partial charge is 0.319 e. The third-order valence-corrected chi connectivity index (χ3v) is 9.72. The van der Waals surface area contributed by atoms with Crippen molar-refractivity contribution in [1.29, 1.82) is 0 Å². The summed E-state index contributed by atoms with van der Waals surface area (Å²) in [5.74, 6) is -0.118. The van der Waals surface area contributed by atoms with Crippen LogP contribution in [0.5, 0.6) is 11.8 Å². The molecule has 8 nitrogen and oxygen atoms in total. The van der Waals surface area contributed by atoms with Crippen LogP contribution in [0, 0.1) is 5.82 Å². The molecule has 6 aliphatic rings. The first kappa shape index (κ1) is 22.7. The van der Waals surface area contributed by atoms with E-state index in [4.69, 9.17) is 25.4 Å². The van der Waals surface area contributed by atoms with E-state index in [2.05, 4.69) is 20.2 Å². The molecule has 0 amide bonds. The van der Waals surface area contributed by atoms with Crippen molar-refractivity contribution in [2.75, 3.05) is 37.6 Å². The standard InChI is InChI=1S/C30H33ClF2N6O2/c31-23-9-20(40)8-21(24(23)16-2-3-16)26-25(33)27-22(12-35-26)28(39-14-18-4-5-19(39)11-34-18)37-29(36-27)41-15-30-6-1-7-38(30)13-17(32)10-30/h8-9,12,16-19,34,40H,1-7,10-11,13-15H2/t17-,18?,19?,30+/m0/s1/i7D2,17D. The molecule has 0 radical (unpaired) electrons. The van der Waals surface area contributed by atoms with Crippen molar-refractivity contribution in [1.82, 2.24) is 25.2 Å². The Morgan fingerprint density at radius 2 is 2.12 bits per heavy atom. The Labute approximate surface area is 246 Å². The summed E-state index contributed by atoms with van der Waals surface area (Å²) in [5.41, 5.74) is 0.168. The number of aromatic hydroxyl groups is 1. The SMILES string of the molecule is [2H]C1([2H])CC[C@]2(COc3nc(N4CC5CCC4CN5)c4cnc(-c5cc(O)cc(Cl)c5C5CC5)c(F)c4n3)C[C@]([2H])(F)CN12. The van der Waals surface area contributed by atoms with Gasteiger partial charge in [0.1, 0.15) is 35.5 Å². The molecular formula is C30H33ClF2N6O2. The minimum atomic E-state index is -2.30. The van der Waals surface area contributed by atoms with Crippen molar-refractivity contribution in [3.8, 4) is 23.0 Å². The van der Waals surface area contributed by atoms with Gasteiger partial charge in [-0.3, -0.25) is 9.88 Å². The Kier molecular flexibility index (Phi) is 5.33. The Bertz CT molecular complexity index is 1670. The Hall–Kier alpha value is -2.82. The Balaban J connectivity index is 1.23. The molecule has 3 aromatic rings. The van der Waals surface area contributed by atoms with Crippen molar-refractivity contribution >= 4 is 28.3 Å². The van der Waals surface area contributed by atoms with E-state index >= 15 is 4.39 Å². The second-order valence-corrected chi connectivity index (χ2v) is 12.5. The van der Waals surface area contributed by atoms with Gasteiger partial charge in [0.2, 0.25) is 0 Å². The average Bonchev–Trinajstić information content (AvgIpc) is 3.74. The highest BCUT2D eigenvalue weighted by atomic mass is 35.5. The number of phenols is 1. The van der Waals surface area contributed by atoms with E-state index in [1.165, 1.54) is 17.0 Å². The molecule has 1 aromatic carbocycles. The van der Waals surface area contributed by atoms with Crippen LogP contribution in [0.1, 0.15) is 60.5 Å². The highest BCUT2D eigenvalue weighted by Crippen LogP contribution is 2.49. The van der Waals surface area contributed by atoms with Crippen LogP contribution in [0.3, 0.4) is 0 Å². The number of anilines is 1. The number of piperazine rings is 1. The van der Waals surface area contributed by atoms with Crippen LogP contribution in [-0.2, 0) is 0 Å². The number of phenolic OH excluding ortho intramolecular Hbond substituents is 1. The summed E-state index contributed by atoms with van der Waals surface area (Å²) in [6.45, 7) is -0.807.